The van der Waals surface area contributed by atoms with Gasteiger partial charge in [0.25, 0.3) is 0 Å². The van der Waals surface area contributed by atoms with Crippen molar-refractivity contribution in [3.8, 4) is 0 Å². The molecule has 3 N–H and O–H groups in total. The minimum atomic E-state index is -0.369. The van der Waals surface area contributed by atoms with Gasteiger partial charge in [-0.2, -0.15) is 0 Å². The van der Waals surface area contributed by atoms with E-state index in [1.165, 1.54) is 16.7 Å². The molecule has 1 heterocycles. The highest BCUT2D eigenvalue weighted by Gasteiger charge is 2.37. The molecule has 116 valence electrons. The van der Waals surface area contributed by atoms with Crippen molar-refractivity contribution in [3.05, 3.63) is 76.9 Å². The predicted molar refractivity (Wildman–Crippen MR) is 92.5 cm³/mol. The van der Waals surface area contributed by atoms with Gasteiger partial charge in [0.2, 0.25) is 5.91 Å². The molecule has 2 aromatic carbocycles. The van der Waals surface area contributed by atoms with Gasteiger partial charge in [-0.3, -0.25) is 4.79 Å². The molecule has 4 rings (SSSR count). The molecular formula is C20H20N2O. The number of rotatable bonds is 2. The number of carbonyl (C=O) groups excluding carboxylic acids is 1. The van der Waals surface area contributed by atoms with Crippen LogP contribution in [0.15, 0.2) is 54.6 Å². The van der Waals surface area contributed by atoms with Crippen LogP contribution >= 0.6 is 0 Å². The number of nitrogens with two attached hydrogens (primary N) is 1. The van der Waals surface area contributed by atoms with Gasteiger partial charge in [-0.05, 0) is 48.6 Å². The average molecular weight is 304 g/mol. The lowest BCUT2D eigenvalue weighted by molar-refractivity contribution is 0.1000. The van der Waals surface area contributed by atoms with E-state index in [9.17, 15) is 4.79 Å². The van der Waals surface area contributed by atoms with E-state index >= 15 is 0 Å². The predicted octanol–water partition coefficient (Wildman–Crippen LogP) is 3.92. The number of benzene rings is 2. The minimum absolute atomic E-state index is 0.294. The zero-order chi connectivity index (χ0) is 16.0. The zero-order valence-electron chi connectivity index (χ0n) is 13.1. The topological polar surface area (TPSA) is 55.1 Å². The van der Waals surface area contributed by atoms with E-state index < -0.39 is 0 Å². The molecule has 0 saturated carbocycles. The lowest BCUT2D eigenvalue weighted by atomic mass is 9.76. The monoisotopic (exact) mass is 304 g/mol. The molecule has 1 amide bonds. The summed E-state index contributed by atoms with van der Waals surface area (Å²) in [6.07, 6.45) is 5.58. The van der Waals surface area contributed by atoms with Crippen molar-refractivity contribution in [1.82, 2.24) is 0 Å². The summed E-state index contributed by atoms with van der Waals surface area (Å²) in [7, 11) is 0. The number of fused-ring (bicyclic) bond motifs is 3. The van der Waals surface area contributed by atoms with Crippen LogP contribution in [0.3, 0.4) is 0 Å². The van der Waals surface area contributed by atoms with Crippen LogP contribution in [0.1, 0.15) is 45.4 Å². The van der Waals surface area contributed by atoms with Crippen molar-refractivity contribution in [3.63, 3.8) is 0 Å². The number of hydrogen-bond donors (Lipinski definition) is 2. The van der Waals surface area contributed by atoms with Crippen LogP contribution in [0.4, 0.5) is 5.69 Å². The Kier molecular flexibility index (Phi) is 3.22. The first-order chi connectivity index (χ1) is 11.1. The van der Waals surface area contributed by atoms with Gasteiger partial charge in [-0.15, -0.1) is 0 Å². The average Bonchev–Trinajstić information content (AvgIpc) is 3.04. The fourth-order valence-corrected chi connectivity index (χ4v) is 3.85. The first-order valence-corrected chi connectivity index (χ1v) is 8.07. The summed E-state index contributed by atoms with van der Waals surface area (Å²) in [5.74, 6) is 0.456. The SMILES string of the molecule is Cc1ccc(C2Nc3ccc(C(N)=O)cc3C3C=CCC32)cc1. The van der Waals surface area contributed by atoms with Gasteiger partial charge >= 0.3 is 0 Å². The standard InChI is InChI=1S/C20H20N2O/c1-12-5-7-13(8-6-12)19-16-4-2-3-15(16)17-11-14(20(21)23)9-10-18(17)22-19/h2-3,5-11,15-16,19,22H,4H2,1H3,(H2,21,23). The summed E-state index contributed by atoms with van der Waals surface area (Å²) >= 11 is 0. The number of allylic oxidation sites excluding steroid dienone is 2. The van der Waals surface area contributed by atoms with Crippen LogP contribution in [0.5, 0.6) is 0 Å². The highest BCUT2D eigenvalue weighted by atomic mass is 16.1. The Hall–Kier alpha value is -2.55. The zero-order valence-corrected chi connectivity index (χ0v) is 13.1. The van der Waals surface area contributed by atoms with Crippen LogP contribution < -0.4 is 11.1 Å². The van der Waals surface area contributed by atoms with Crippen LogP contribution in [-0.2, 0) is 0 Å². The maximum Gasteiger partial charge on any atom is 0.248 e. The second kappa shape index (κ2) is 5.27. The van der Waals surface area contributed by atoms with Crippen molar-refractivity contribution < 1.29 is 4.79 Å². The first-order valence-electron chi connectivity index (χ1n) is 8.07. The molecule has 3 nitrogen and oxygen atoms in total. The van der Waals surface area contributed by atoms with Crippen molar-refractivity contribution in [1.29, 1.82) is 0 Å². The lowest BCUT2D eigenvalue weighted by Crippen LogP contribution is -2.29. The maximum atomic E-state index is 11.5. The molecule has 2 aliphatic rings. The summed E-state index contributed by atoms with van der Waals surface area (Å²) in [5, 5.41) is 3.68. The van der Waals surface area contributed by atoms with Crippen LogP contribution in [0, 0.1) is 12.8 Å². The van der Waals surface area contributed by atoms with Gasteiger partial charge < -0.3 is 11.1 Å². The first kappa shape index (κ1) is 14.1. The van der Waals surface area contributed by atoms with Crippen LogP contribution in [-0.4, -0.2) is 5.91 Å². The van der Waals surface area contributed by atoms with Crippen molar-refractivity contribution in [2.24, 2.45) is 11.7 Å². The highest BCUT2D eigenvalue weighted by Crippen LogP contribution is 2.49. The molecular weight excluding hydrogens is 284 g/mol. The Labute approximate surface area is 136 Å². The number of primary amides is 1. The van der Waals surface area contributed by atoms with Crippen molar-refractivity contribution >= 4 is 11.6 Å². The summed E-state index contributed by atoms with van der Waals surface area (Å²) in [5.41, 5.74) is 10.9. The largest absolute Gasteiger partial charge is 0.378 e. The van der Waals surface area contributed by atoms with Gasteiger partial charge in [0, 0.05) is 17.2 Å². The van der Waals surface area contributed by atoms with Crippen LogP contribution in [0.25, 0.3) is 0 Å². The number of amides is 1. The van der Waals surface area contributed by atoms with Gasteiger partial charge in [0.05, 0.1) is 6.04 Å². The molecule has 0 aromatic heterocycles. The van der Waals surface area contributed by atoms with Crippen molar-refractivity contribution in [2.75, 3.05) is 5.32 Å². The molecule has 1 aliphatic heterocycles. The molecule has 3 heteroatoms. The molecule has 0 radical (unpaired) electrons. The second-order valence-electron chi connectivity index (χ2n) is 6.55. The molecule has 0 spiro atoms. The fraction of sp³-hybridized carbons (Fsp3) is 0.250. The van der Waals surface area contributed by atoms with Gasteiger partial charge in [-0.25, -0.2) is 0 Å². The Bertz CT molecular complexity index is 792. The van der Waals surface area contributed by atoms with Crippen molar-refractivity contribution in [2.45, 2.75) is 25.3 Å². The third-order valence-corrected chi connectivity index (χ3v) is 5.08. The molecule has 0 fully saturated rings. The molecule has 1 aliphatic carbocycles. The summed E-state index contributed by atoms with van der Waals surface area (Å²) in [6.45, 7) is 2.11. The quantitative estimate of drug-likeness (QED) is 0.826. The van der Waals surface area contributed by atoms with E-state index in [4.69, 9.17) is 5.73 Å². The Balaban J connectivity index is 1.77. The number of nitrogens with one attached hydrogen (secondary N) is 1. The summed E-state index contributed by atoms with van der Waals surface area (Å²) in [6, 6.07) is 14.8. The lowest BCUT2D eigenvalue weighted by Gasteiger charge is -2.37. The van der Waals surface area contributed by atoms with E-state index in [1.807, 2.05) is 12.1 Å². The Morgan fingerprint density at radius 1 is 1.17 bits per heavy atom. The number of anilines is 1. The highest BCUT2D eigenvalue weighted by molar-refractivity contribution is 5.93. The third kappa shape index (κ3) is 2.33. The third-order valence-electron chi connectivity index (χ3n) is 5.08. The number of carbonyl (C=O) groups is 1. The number of aryl methyl sites for hydroxylation is 1. The normalized spacial score (nSPS) is 24.7. The van der Waals surface area contributed by atoms with E-state index in [-0.39, 0.29) is 5.91 Å². The summed E-state index contributed by atoms with van der Waals surface area (Å²) < 4.78 is 0. The van der Waals surface area contributed by atoms with E-state index in [1.54, 1.807) is 6.07 Å². The fourth-order valence-electron chi connectivity index (χ4n) is 3.85. The Morgan fingerprint density at radius 3 is 2.70 bits per heavy atom. The molecule has 3 unspecified atom stereocenters. The maximum absolute atomic E-state index is 11.5. The van der Waals surface area contributed by atoms with Gasteiger partial charge in [0.1, 0.15) is 0 Å². The number of hydrogen-bond acceptors (Lipinski definition) is 2. The molecule has 0 bridgehead atoms. The summed E-state index contributed by atoms with van der Waals surface area (Å²) in [4.78, 5) is 11.5. The molecule has 2 aromatic rings. The smallest absolute Gasteiger partial charge is 0.248 e. The van der Waals surface area contributed by atoms with Gasteiger partial charge in [0.15, 0.2) is 0 Å². The minimum Gasteiger partial charge on any atom is -0.378 e. The molecule has 23 heavy (non-hydrogen) atoms. The Morgan fingerprint density at radius 2 is 1.96 bits per heavy atom. The van der Waals surface area contributed by atoms with Gasteiger partial charge in [-0.1, -0.05) is 42.0 Å². The van der Waals surface area contributed by atoms with E-state index in [2.05, 4.69) is 48.7 Å². The van der Waals surface area contributed by atoms with E-state index in [0.717, 1.165) is 12.1 Å². The van der Waals surface area contributed by atoms with E-state index in [0.29, 0.717) is 23.4 Å². The molecule has 0 saturated heterocycles. The molecule has 3 atom stereocenters. The van der Waals surface area contributed by atoms with Crippen LogP contribution in [0.2, 0.25) is 0 Å². The second-order valence-corrected chi connectivity index (χ2v) is 6.55.